The summed E-state index contributed by atoms with van der Waals surface area (Å²) in [4.78, 5) is 10.6. The number of halogens is 1. The van der Waals surface area contributed by atoms with Gasteiger partial charge in [-0.25, -0.2) is 0 Å². The SMILES string of the molecule is NC(=O)CCSCc1cc(Cl)cc2c1OCOC2. The molecule has 1 aromatic carbocycles. The number of thioether (sulfide) groups is 1. The van der Waals surface area contributed by atoms with Crippen LogP contribution in [0.15, 0.2) is 12.1 Å². The summed E-state index contributed by atoms with van der Waals surface area (Å²) in [6.45, 7) is 0.794. The molecule has 1 aromatic rings. The number of carbonyl (C=O) groups excluding carboxylic acids is 1. The van der Waals surface area contributed by atoms with E-state index in [2.05, 4.69) is 0 Å². The van der Waals surface area contributed by atoms with Crippen molar-refractivity contribution in [3.8, 4) is 5.75 Å². The molecule has 1 amide bonds. The molecule has 0 aliphatic carbocycles. The Labute approximate surface area is 115 Å². The van der Waals surface area contributed by atoms with Crippen LogP contribution in [0.2, 0.25) is 5.02 Å². The first-order valence-corrected chi connectivity index (χ1v) is 7.08. The summed E-state index contributed by atoms with van der Waals surface area (Å²) in [6.07, 6.45) is 0.386. The second-order valence-electron chi connectivity index (χ2n) is 3.93. The molecule has 2 rings (SSSR count). The molecule has 0 unspecified atom stereocenters. The van der Waals surface area contributed by atoms with E-state index >= 15 is 0 Å². The van der Waals surface area contributed by atoms with Gasteiger partial charge in [-0.15, -0.1) is 0 Å². The van der Waals surface area contributed by atoms with E-state index < -0.39 is 0 Å². The zero-order chi connectivity index (χ0) is 13.0. The van der Waals surface area contributed by atoms with Gasteiger partial charge in [0.25, 0.3) is 0 Å². The molecule has 1 aliphatic rings. The molecule has 18 heavy (non-hydrogen) atoms. The Morgan fingerprint density at radius 3 is 3.11 bits per heavy atom. The van der Waals surface area contributed by atoms with Crippen LogP contribution < -0.4 is 10.5 Å². The number of ether oxygens (including phenoxy) is 2. The van der Waals surface area contributed by atoms with Gasteiger partial charge in [0.1, 0.15) is 5.75 Å². The first-order valence-electron chi connectivity index (χ1n) is 5.54. The minimum atomic E-state index is -0.278. The van der Waals surface area contributed by atoms with E-state index in [1.165, 1.54) is 0 Å². The molecule has 0 aromatic heterocycles. The van der Waals surface area contributed by atoms with Gasteiger partial charge in [0, 0.05) is 34.1 Å². The molecule has 0 atom stereocenters. The monoisotopic (exact) mass is 287 g/mol. The van der Waals surface area contributed by atoms with Gasteiger partial charge in [-0.2, -0.15) is 11.8 Å². The Balaban J connectivity index is 2.02. The third-order valence-electron chi connectivity index (χ3n) is 2.50. The minimum Gasteiger partial charge on any atom is -0.467 e. The number of nitrogens with two attached hydrogens (primary N) is 1. The summed E-state index contributed by atoms with van der Waals surface area (Å²) in [5.41, 5.74) is 7.10. The lowest BCUT2D eigenvalue weighted by Gasteiger charge is -2.21. The first kappa shape index (κ1) is 13.5. The van der Waals surface area contributed by atoms with E-state index in [0.29, 0.717) is 23.8 Å². The van der Waals surface area contributed by atoms with Crippen molar-refractivity contribution in [2.45, 2.75) is 18.8 Å². The number of fused-ring (bicyclic) bond motifs is 1. The van der Waals surface area contributed by atoms with E-state index in [4.69, 9.17) is 26.8 Å². The molecule has 2 N–H and O–H groups in total. The number of hydrogen-bond donors (Lipinski definition) is 1. The number of primary amides is 1. The quantitative estimate of drug-likeness (QED) is 0.844. The Morgan fingerprint density at radius 1 is 1.50 bits per heavy atom. The van der Waals surface area contributed by atoms with Crippen molar-refractivity contribution in [3.63, 3.8) is 0 Å². The van der Waals surface area contributed by atoms with Crippen molar-refractivity contribution >= 4 is 29.3 Å². The summed E-state index contributed by atoms with van der Waals surface area (Å²) in [5.74, 6) is 2.03. The summed E-state index contributed by atoms with van der Waals surface area (Å²) in [7, 11) is 0. The predicted octanol–water partition coefficient (Wildman–Crippen LogP) is 2.32. The maximum absolute atomic E-state index is 10.6. The number of rotatable bonds is 5. The average Bonchev–Trinajstić information content (AvgIpc) is 2.34. The highest BCUT2D eigenvalue weighted by molar-refractivity contribution is 7.98. The van der Waals surface area contributed by atoms with Crippen LogP contribution in [-0.2, 0) is 21.9 Å². The average molecular weight is 288 g/mol. The van der Waals surface area contributed by atoms with Crippen molar-refractivity contribution in [2.75, 3.05) is 12.5 Å². The maximum Gasteiger partial charge on any atom is 0.218 e. The summed E-state index contributed by atoms with van der Waals surface area (Å²) in [5, 5.41) is 0.674. The first-order chi connectivity index (χ1) is 8.66. The molecule has 0 saturated heterocycles. The van der Waals surface area contributed by atoms with Crippen LogP contribution in [0.25, 0.3) is 0 Å². The molecule has 6 heteroatoms. The maximum atomic E-state index is 10.6. The third kappa shape index (κ3) is 3.54. The smallest absolute Gasteiger partial charge is 0.218 e. The van der Waals surface area contributed by atoms with Crippen LogP contribution in [0.4, 0.5) is 0 Å². The van der Waals surface area contributed by atoms with E-state index in [1.54, 1.807) is 11.8 Å². The molecular weight excluding hydrogens is 274 g/mol. The molecule has 0 radical (unpaired) electrons. The van der Waals surface area contributed by atoms with Crippen molar-refractivity contribution in [2.24, 2.45) is 5.73 Å². The number of benzene rings is 1. The normalized spacial score (nSPS) is 13.8. The predicted molar refractivity (Wildman–Crippen MR) is 71.7 cm³/mol. The fourth-order valence-electron chi connectivity index (χ4n) is 1.72. The Bertz CT molecular complexity index is 453. The zero-order valence-electron chi connectivity index (χ0n) is 9.78. The molecule has 0 fully saturated rings. The number of amides is 1. The van der Waals surface area contributed by atoms with Crippen LogP contribution in [0, 0.1) is 0 Å². The van der Waals surface area contributed by atoms with Crippen LogP contribution >= 0.6 is 23.4 Å². The highest BCUT2D eigenvalue weighted by Gasteiger charge is 2.16. The van der Waals surface area contributed by atoms with Crippen molar-refractivity contribution in [3.05, 3.63) is 28.3 Å². The second-order valence-corrected chi connectivity index (χ2v) is 5.47. The van der Waals surface area contributed by atoms with E-state index in [1.807, 2.05) is 12.1 Å². The minimum absolute atomic E-state index is 0.271. The van der Waals surface area contributed by atoms with Gasteiger partial charge < -0.3 is 15.2 Å². The standard InChI is InChI=1S/C12H14ClNO3S/c13-10-3-8-5-16-7-17-12(8)9(4-10)6-18-2-1-11(14)15/h3-4H,1-2,5-7H2,(H2,14,15). The third-order valence-corrected chi connectivity index (χ3v) is 3.73. The Hall–Kier alpha value is -0.910. The van der Waals surface area contributed by atoms with Gasteiger partial charge in [-0.1, -0.05) is 11.6 Å². The van der Waals surface area contributed by atoms with Crippen LogP contribution in [0.5, 0.6) is 5.75 Å². The van der Waals surface area contributed by atoms with Crippen molar-refractivity contribution < 1.29 is 14.3 Å². The molecule has 0 saturated carbocycles. The Kier molecular flexibility index (Phi) is 4.74. The lowest BCUT2D eigenvalue weighted by Crippen LogP contribution is -2.13. The van der Waals surface area contributed by atoms with Crippen molar-refractivity contribution in [1.82, 2.24) is 0 Å². The van der Waals surface area contributed by atoms with Gasteiger partial charge in [-0.05, 0) is 12.1 Å². The van der Waals surface area contributed by atoms with E-state index in [-0.39, 0.29) is 12.7 Å². The fourth-order valence-corrected chi connectivity index (χ4v) is 2.91. The van der Waals surface area contributed by atoms with Crippen LogP contribution in [-0.4, -0.2) is 18.5 Å². The highest BCUT2D eigenvalue weighted by Crippen LogP contribution is 2.33. The van der Waals surface area contributed by atoms with E-state index in [0.717, 1.165) is 22.6 Å². The van der Waals surface area contributed by atoms with Gasteiger partial charge >= 0.3 is 0 Å². The lowest BCUT2D eigenvalue weighted by molar-refractivity contribution is -0.117. The van der Waals surface area contributed by atoms with Gasteiger partial charge in [0.05, 0.1) is 6.61 Å². The largest absolute Gasteiger partial charge is 0.467 e. The summed E-state index contributed by atoms with van der Waals surface area (Å²) < 4.78 is 10.7. The molecule has 4 nitrogen and oxygen atoms in total. The van der Waals surface area contributed by atoms with Gasteiger partial charge in [-0.3, -0.25) is 4.79 Å². The van der Waals surface area contributed by atoms with Crippen LogP contribution in [0.3, 0.4) is 0 Å². The summed E-state index contributed by atoms with van der Waals surface area (Å²) >= 11 is 7.69. The Morgan fingerprint density at radius 2 is 2.33 bits per heavy atom. The summed E-state index contributed by atoms with van der Waals surface area (Å²) in [6, 6.07) is 3.75. The molecular formula is C12H14ClNO3S. The van der Waals surface area contributed by atoms with Crippen molar-refractivity contribution in [1.29, 1.82) is 0 Å². The van der Waals surface area contributed by atoms with Gasteiger partial charge in [0.2, 0.25) is 5.91 Å². The molecule has 1 heterocycles. The molecule has 0 spiro atoms. The second kappa shape index (κ2) is 6.31. The highest BCUT2D eigenvalue weighted by atomic mass is 35.5. The topological polar surface area (TPSA) is 61.6 Å². The molecule has 98 valence electrons. The fraction of sp³-hybridized carbons (Fsp3) is 0.417. The van der Waals surface area contributed by atoms with E-state index in [9.17, 15) is 4.79 Å². The number of carbonyl (C=O) groups is 1. The lowest BCUT2D eigenvalue weighted by atomic mass is 10.1. The molecule has 0 bridgehead atoms. The zero-order valence-corrected chi connectivity index (χ0v) is 11.4. The van der Waals surface area contributed by atoms with Gasteiger partial charge in [0.15, 0.2) is 6.79 Å². The number of hydrogen-bond acceptors (Lipinski definition) is 4. The molecule has 1 aliphatic heterocycles. The van der Waals surface area contributed by atoms with Crippen LogP contribution in [0.1, 0.15) is 17.5 Å².